The predicted molar refractivity (Wildman–Crippen MR) is 89.9 cm³/mol. The largest absolute Gasteiger partial charge is 0.352 e. The van der Waals surface area contributed by atoms with Crippen LogP contribution in [-0.4, -0.2) is 22.2 Å². The third-order valence-electron chi connectivity index (χ3n) is 3.57. The number of nitrogens with zero attached hydrogens (tertiary/aromatic N) is 2. The summed E-state index contributed by atoms with van der Waals surface area (Å²) in [5.74, 6) is -0.107. The van der Waals surface area contributed by atoms with Crippen LogP contribution in [0, 0.1) is 13.8 Å². The fourth-order valence-corrected chi connectivity index (χ4v) is 2.48. The van der Waals surface area contributed by atoms with Crippen molar-refractivity contribution in [3.05, 3.63) is 57.9 Å². The second kappa shape index (κ2) is 7.27. The van der Waals surface area contributed by atoms with Gasteiger partial charge in [0, 0.05) is 35.9 Å². The minimum Gasteiger partial charge on any atom is -0.352 e. The normalized spacial score (nSPS) is 11.1. The Labute approximate surface area is 135 Å². The molecule has 0 saturated heterocycles. The molecule has 0 fully saturated rings. The number of carbonyl (C=O) groups excluding carboxylic acids is 1. The minimum atomic E-state index is -0.107. The molecule has 1 aromatic heterocycles. The SMILES string of the molecule is Cc1nn(C)c(C)c1/C=C/C(=O)NCCc1cccc(Cl)c1. The maximum atomic E-state index is 11.9. The Balaban J connectivity index is 1.86. The van der Waals surface area contributed by atoms with Gasteiger partial charge < -0.3 is 5.32 Å². The molecule has 1 N–H and O–H groups in total. The van der Waals surface area contributed by atoms with Gasteiger partial charge >= 0.3 is 0 Å². The fraction of sp³-hybridized carbons (Fsp3) is 0.294. The average molecular weight is 318 g/mol. The highest BCUT2D eigenvalue weighted by Crippen LogP contribution is 2.13. The van der Waals surface area contributed by atoms with Crippen LogP contribution in [0.25, 0.3) is 6.08 Å². The van der Waals surface area contributed by atoms with E-state index in [4.69, 9.17) is 11.6 Å². The van der Waals surface area contributed by atoms with E-state index < -0.39 is 0 Å². The third-order valence-corrected chi connectivity index (χ3v) is 3.80. The van der Waals surface area contributed by atoms with E-state index in [2.05, 4.69) is 10.4 Å². The van der Waals surface area contributed by atoms with Gasteiger partial charge in [-0.3, -0.25) is 9.48 Å². The number of halogens is 1. The van der Waals surface area contributed by atoms with Crippen LogP contribution in [-0.2, 0) is 18.3 Å². The molecule has 0 saturated carbocycles. The van der Waals surface area contributed by atoms with Gasteiger partial charge in [-0.2, -0.15) is 5.10 Å². The number of aryl methyl sites for hydroxylation is 2. The third kappa shape index (κ3) is 4.21. The highest BCUT2D eigenvalue weighted by molar-refractivity contribution is 6.30. The van der Waals surface area contributed by atoms with Crippen molar-refractivity contribution in [1.82, 2.24) is 15.1 Å². The van der Waals surface area contributed by atoms with Crippen LogP contribution in [0.2, 0.25) is 5.02 Å². The molecule has 1 amide bonds. The van der Waals surface area contributed by atoms with Crippen LogP contribution in [0.5, 0.6) is 0 Å². The van der Waals surface area contributed by atoms with Gasteiger partial charge in [-0.1, -0.05) is 23.7 Å². The Hall–Kier alpha value is -2.07. The number of carbonyl (C=O) groups is 1. The number of benzene rings is 1. The number of hydrogen-bond donors (Lipinski definition) is 1. The lowest BCUT2D eigenvalue weighted by atomic mass is 10.1. The van der Waals surface area contributed by atoms with Gasteiger partial charge in [-0.25, -0.2) is 0 Å². The van der Waals surface area contributed by atoms with Gasteiger partial charge in [-0.15, -0.1) is 0 Å². The molecule has 1 heterocycles. The summed E-state index contributed by atoms with van der Waals surface area (Å²) in [5, 5.41) is 7.90. The molecule has 0 aliphatic carbocycles. The zero-order chi connectivity index (χ0) is 16.1. The van der Waals surface area contributed by atoms with E-state index in [-0.39, 0.29) is 5.91 Å². The number of aromatic nitrogens is 2. The molecule has 0 aliphatic heterocycles. The highest BCUT2D eigenvalue weighted by Gasteiger charge is 2.06. The summed E-state index contributed by atoms with van der Waals surface area (Å²) in [6.07, 6.45) is 4.12. The van der Waals surface area contributed by atoms with E-state index in [9.17, 15) is 4.79 Å². The Morgan fingerprint density at radius 1 is 1.41 bits per heavy atom. The van der Waals surface area contributed by atoms with Gasteiger partial charge in [0.1, 0.15) is 0 Å². The van der Waals surface area contributed by atoms with E-state index in [1.54, 1.807) is 6.08 Å². The number of hydrogen-bond acceptors (Lipinski definition) is 2. The molecule has 0 bridgehead atoms. The summed E-state index contributed by atoms with van der Waals surface area (Å²) in [5.41, 5.74) is 4.06. The van der Waals surface area contributed by atoms with Gasteiger partial charge in [0.15, 0.2) is 0 Å². The van der Waals surface area contributed by atoms with Crippen LogP contribution in [0.4, 0.5) is 0 Å². The summed E-state index contributed by atoms with van der Waals surface area (Å²) in [6.45, 7) is 4.50. The van der Waals surface area contributed by atoms with Crippen molar-refractivity contribution in [1.29, 1.82) is 0 Å². The first-order chi connectivity index (χ1) is 10.5. The summed E-state index contributed by atoms with van der Waals surface area (Å²) < 4.78 is 1.81. The highest BCUT2D eigenvalue weighted by atomic mass is 35.5. The second-order valence-corrected chi connectivity index (χ2v) is 5.65. The second-order valence-electron chi connectivity index (χ2n) is 5.21. The molecule has 0 aliphatic rings. The van der Waals surface area contributed by atoms with Crippen LogP contribution in [0.15, 0.2) is 30.3 Å². The van der Waals surface area contributed by atoms with Crippen LogP contribution >= 0.6 is 11.6 Å². The van der Waals surface area contributed by atoms with Crippen LogP contribution < -0.4 is 5.32 Å². The van der Waals surface area contributed by atoms with E-state index in [1.165, 1.54) is 0 Å². The van der Waals surface area contributed by atoms with Crippen LogP contribution in [0.1, 0.15) is 22.5 Å². The van der Waals surface area contributed by atoms with E-state index in [0.29, 0.717) is 11.6 Å². The fourth-order valence-electron chi connectivity index (χ4n) is 2.27. The first-order valence-electron chi connectivity index (χ1n) is 7.18. The smallest absolute Gasteiger partial charge is 0.244 e. The summed E-state index contributed by atoms with van der Waals surface area (Å²) >= 11 is 5.93. The molecule has 1 aromatic carbocycles. The minimum absolute atomic E-state index is 0.107. The molecule has 22 heavy (non-hydrogen) atoms. The summed E-state index contributed by atoms with van der Waals surface area (Å²) in [7, 11) is 1.89. The van der Waals surface area contributed by atoms with Gasteiger partial charge in [0.05, 0.1) is 5.69 Å². The molecule has 0 atom stereocenters. The quantitative estimate of drug-likeness (QED) is 0.862. The standard InChI is InChI=1S/C17H20ClN3O/c1-12-16(13(2)21(3)20-12)7-8-17(22)19-10-9-14-5-4-6-15(18)11-14/h4-8,11H,9-10H2,1-3H3,(H,19,22)/b8-7+. The molecule has 4 nitrogen and oxygen atoms in total. The summed E-state index contributed by atoms with van der Waals surface area (Å²) in [4.78, 5) is 11.9. The molecule has 0 radical (unpaired) electrons. The number of nitrogens with one attached hydrogen (secondary N) is 1. The monoisotopic (exact) mass is 317 g/mol. The van der Waals surface area contributed by atoms with Gasteiger partial charge in [0.25, 0.3) is 0 Å². The van der Waals surface area contributed by atoms with E-state index >= 15 is 0 Å². The van der Waals surface area contributed by atoms with Crippen molar-refractivity contribution in [3.63, 3.8) is 0 Å². The number of amides is 1. The van der Waals surface area contributed by atoms with Crippen molar-refractivity contribution < 1.29 is 4.79 Å². The van der Waals surface area contributed by atoms with Crippen LogP contribution in [0.3, 0.4) is 0 Å². The average Bonchev–Trinajstić information content (AvgIpc) is 2.70. The predicted octanol–water partition coefficient (Wildman–Crippen LogP) is 3.06. The summed E-state index contributed by atoms with van der Waals surface area (Å²) in [6, 6.07) is 7.65. The first-order valence-corrected chi connectivity index (χ1v) is 7.55. The molecule has 0 spiro atoms. The van der Waals surface area contributed by atoms with E-state index in [1.807, 2.05) is 55.9 Å². The van der Waals surface area contributed by atoms with Crippen molar-refractivity contribution >= 4 is 23.6 Å². The molecule has 0 unspecified atom stereocenters. The lowest BCUT2D eigenvalue weighted by Gasteiger charge is -2.03. The maximum Gasteiger partial charge on any atom is 0.244 e. The first kappa shape index (κ1) is 16.3. The molecule has 5 heteroatoms. The van der Waals surface area contributed by atoms with Gasteiger partial charge in [-0.05, 0) is 44.0 Å². The molecule has 2 rings (SSSR count). The zero-order valence-corrected chi connectivity index (χ0v) is 13.8. The Bertz CT molecular complexity index is 704. The van der Waals surface area contributed by atoms with E-state index in [0.717, 1.165) is 28.9 Å². The molecular weight excluding hydrogens is 298 g/mol. The number of rotatable bonds is 5. The van der Waals surface area contributed by atoms with Crippen molar-refractivity contribution in [2.24, 2.45) is 7.05 Å². The Morgan fingerprint density at radius 3 is 2.82 bits per heavy atom. The topological polar surface area (TPSA) is 46.9 Å². The Morgan fingerprint density at radius 2 is 2.18 bits per heavy atom. The van der Waals surface area contributed by atoms with Gasteiger partial charge in [0.2, 0.25) is 5.91 Å². The lowest BCUT2D eigenvalue weighted by Crippen LogP contribution is -2.23. The molecule has 116 valence electrons. The van der Waals surface area contributed by atoms with Crippen molar-refractivity contribution in [3.8, 4) is 0 Å². The molecule has 2 aromatic rings. The molecular formula is C17H20ClN3O. The van der Waals surface area contributed by atoms with Crippen molar-refractivity contribution in [2.45, 2.75) is 20.3 Å². The maximum absolute atomic E-state index is 11.9. The zero-order valence-electron chi connectivity index (χ0n) is 13.1. The lowest BCUT2D eigenvalue weighted by molar-refractivity contribution is -0.116. The van der Waals surface area contributed by atoms with Crippen molar-refractivity contribution in [2.75, 3.05) is 6.54 Å². The Kier molecular flexibility index (Phi) is 5.39.